The van der Waals surface area contributed by atoms with Crippen LogP contribution >= 0.6 is 0 Å². The lowest BCUT2D eigenvalue weighted by molar-refractivity contribution is -0.122. The Morgan fingerprint density at radius 3 is 1.75 bits per heavy atom. The highest BCUT2D eigenvalue weighted by Gasteiger charge is 2.11. The Hall–Kier alpha value is -0.330. The Kier molecular flexibility index (Phi) is 7.54. The largest absolute Gasteiger partial charge is 0.299 e. The zero-order chi connectivity index (χ0) is 11.6. The zero-order valence-corrected chi connectivity index (χ0v) is 11.0. The van der Waals surface area contributed by atoms with E-state index in [0.29, 0.717) is 11.7 Å². The highest BCUT2D eigenvalue weighted by molar-refractivity contribution is 5.80. The fourth-order valence-corrected chi connectivity index (χ4v) is 2.57. The Labute approximate surface area is 101 Å². The minimum atomic E-state index is 0.322. The molecule has 1 heteroatoms. The molecule has 94 valence electrons. The second kappa shape index (κ2) is 8.78. The van der Waals surface area contributed by atoms with Gasteiger partial charge in [0, 0.05) is 12.3 Å². The molecule has 0 saturated heterocycles. The molecule has 0 radical (unpaired) electrons. The van der Waals surface area contributed by atoms with Gasteiger partial charge in [-0.2, -0.15) is 0 Å². The van der Waals surface area contributed by atoms with Crippen LogP contribution in [0.1, 0.15) is 84.0 Å². The van der Waals surface area contributed by atoms with Gasteiger partial charge in [-0.05, 0) is 12.8 Å². The van der Waals surface area contributed by atoms with Crippen molar-refractivity contribution in [3.63, 3.8) is 0 Å². The predicted molar refractivity (Wildman–Crippen MR) is 69.6 cm³/mol. The van der Waals surface area contributed by atoms with Crippen molar-refractivity contribution >= 4 is 5.78 Å². The van der Waals surface area contributed by atoms with E-state index in [1.165, 1.54) is 57.8 Å². The minimum Gasteiger partial charge on any atom is -0.299 e. The summed E-state index contributed by atoms with van der Waals surface area (Å²) in [4.78, 5) is 11.8. The van der Waals surface area contributed by atoms with Crippen molar-refractivity contribution in [3.05, 3.63) is 0 Å². The number of carbonyl (C=O) groups excluding carboxylic acids is 1. The van der Waals surface area contributed by atoms with Gasteiger partial charge in [-0.1, -0.05) is 64.7 Å². The van der Waals surface area contributed by atoms with Crippen molar-refractivity contribution in [2.24, 2.45) is 5.92 Å². The van der Waals surface area contributed by atoms with Crippen LogP contribution in [0.5, 0.6) is 0 Å². The second-order valence-electron chi connectivity index (χ2n) is 5.44. The molecule has 1 nitrogen and oxygen atoms in total. The number of hydrogen-bond acceptors (Lipinski definition) is 1. The van der Waals surface area contributed by atoms with E-state index < -0.39 is 0 Å². The molecule has 1 saturated carbocycles. The number of hydrogen-bond donors (Lipinski definition) is 0. The fraction of sp³-hybridized carbons (Fsp3) is 0.933. The van der Waals surface area contributed by atoms with Gasteiger partial charge in [-0.15, -0.1) is 0 Å². The molecular weight excluding hydrogens is 196 g/mol. The summed E-state index contributed by atoms with van der Waals surface area (Å²) in [5, 5.41) is 0. The maximum atomic E-state index is 11.8. The molecule has 0 amide bonds. The lowest BCUT2D eigenvalue weighted by Crippen LogP contribution is -2.10. The van der Waals surface area contributed by atoms with E-state index in [-0.39, 0.29) is 0 Å². The Balaban J connectivity index is 2.24. The third-order valence-electron chi connectivity index (χ3n) is 3.86. The molecule has 0 spiro atoms. The standard InChI is InChI=1S/C15H28O/c1-14-12-10-8-6-4-2-3-5-7-9-11-13-15(14)16/h14H,2-13H2,1H3/t14-/m0/s1. The van der Waals surface area contributed by atoms with Crippen molar-refractivity contribution in [1.82, 2.24) is 0 Å². The van der Waals surface area contributed by atoms with E-state index in [1.807, 2.05) is 0 Å². The zero-order valence-electron chi connectivity index (χ0n) is 11.0. The quantitative estimate of drug-likeness (QED) is 0.572. The van der Waals surface area contributed by atoms with Crippen LogP contribution in [0.25, 0.3) is 0 Å². The summed E-state index contributed by atoms with van der Waals surface area (Å²) in [5.41, 5.74) is 0. The summed E-state index contributed by atoms with van der Waals surface area (Å²) in [6.45, 7) is 2.12. The summed E-state index contributed by atoms with van der Waals surface area (Å²) in [6.07, 6.45) is 15.3. The first kappa shape index (κ1) is 13.7. The molecule has 0 unspecified atom stereocenters. The third-order valence-corrected chi connectivity index (χ3v) is 3.86. The first-order chi connectivity index (χ1) is 7.80. The van der Waals surface area contributed by atoms with Crippen molar-refractivity contribution in [2.45, 2.75) is 84.0 Å². The van der Waals surface area contributed by atoms with Gasteiger partial charge in [0.25, 0.3) is 0 Å². The van der Waals surface area contributed by atoms with Gasteiger partial charge in [0.1, 0.15) is 5.78 Å². The highest BCUT2D eigenvalue weighted by atomic mass is 16.1. The molecule has 0 heterocycles. The van der Waals surface area contributed by atoms with Gasteiger partial charge in [0.05, 0.1) is 0 Å². The maximum Gasteiger partial charge on any atom is 0.135 e. The first-order valence-electron chi connectivity index (χ1n) is 7.33. The van der Waals surface area contributed by atoms with Crippen LogP contribution in [-0.4, -0.2) is 5.78 Å². The van der Waals surface area contributed by atoms with Gasteiger partial charge in [0.15, 0.2) is 0 Å². The van der Waals surface area contributed by atoms with Crippen molar-refractivity contribution in [3.8, 4) is 0 Å². The minimum absolute atomic E-state index is 0.322. The number of carbonyl (C=O) groups is 1. The van der Waals surface area contributed by atoms with Crippen molar-refractivity contribution in [2.75, 3.05) is 0 Å². The lowest BCUT2D eigenvalue weighted by Gasteiger charge is -2.11. The topological polar surface area (TPSA) is 17.1 Å². The maximum absolute atomic E-state index is 11.8. The molecule has 0 aliphatic heterocycles. The Morgan fingerprint density at radius 1 is 0.750 bits per heavy atom. The first-order valence-corrected chi connectivity index (χ1v) is 7.33. The van der Waals surface area contributed by atoms with Crippen LogP contribution in [0.2, 0.25) is 0 Å². The average Bonchev–Trinajstić information content (AvgIpc) is 2.29. The van der Waals surface area contributed by atoms with Crippen LogP contribution in [0, 0.1) is 5.92 Å². The van der Waals surface area contributed by atoms with Gasteiger partial charge in [0.2, 0.25) is 0 Å². The fourth-order valence-electron chi connectivity index (χ4n) is 2.57. The number of rotatable bonds is 0. The van der Waals surface area contributed by atoms with Crippen LogP contribution in [0.4, 0.5) is 0 Å². The summed E-state index contributed by atoms with van der Waals surface area (Å²) < 4.78 is 0. The van der Waals surface area contributed by atoms with E-state index in [1.54, 1.807) is 0 Å². The number of ketones is 1. The second-order valence-corrected chi connectivity index (χ2v) is 5.44. The van der Waals surface area contributed by atoms with Crippen LogP contribution in [0.3, 0.4) is 0 Å². The Bertz CT molecular complexity index is 186. The normalized spacial score (nSPS) is 27.3. The summed E-state index contributed by atoms with van der Waals surface area (Å²) in [6, 6.07) is 0. The van der Waals surface area contributed by atoms with Crippen molar-refractivity contribution in [1.29, 1.82) is 0 Å². The molecular formula is C15H28O. The summed E-state index contributed by atoms with van der Waals surface area (Å²) >= 11 is 0. The SMILES string of the molecule is C[C@H]1CCCCCCCCCCCCC1=O. The molecule has 1 atom stereocenters. The lowest BCUT2D eigenvalue weighted by atomic mass is 9.94. The van der Waals surface area contributed by atoms with E-state index in [0.717, 1.165) is 19.3 Å². The van der Waals surface area contributed by atoms with Gasteiger partial charge in [-0.25, -0.2) is 0 Å². The summed E-state index contributed by atoms with van der Waals surface area (Å²) in [5.74, 6) is 0.833. The van der Waals surface area contributed by atoms with Crippen LogP contribution in [-0.2, 0) is 4.79 Å². The number of Topliss-reactive ketones (excluding diaryl/α,β-unsaturated/α-hetero) is 1. The smallest absolute Gasteiger partial charge is 0.135 e. The van der Waals surface area contributed by atoms with E-state index in [4.69, 9.17) is 0 Å². The molecule has 1 aliphatic rings. The molecule has 16 heavy (non-hydrogen) atoms. The monoisotopic (exact) mass is 224 g/mol. The highest BCUT2D eigenvalue weighted by Crippen LogP contribution is 2.18. The van der Waals surface area contributed by atoms with E-state index >= 15 is 0 Å². The molecule has 0 aromatic rings. The van der Waals surface area contributed by atoms with E-state index in [9.17, 15) is 4.79 Å². The van der Waals surface area contributed by atoms with Gasteiger partial charge < -0.3 is 0 Å². The molecule has 1 aliphatic carbocycles. The molecule has 0 aromatic heterocycles. The molecule has 1 fully saturated rings. The molecule has 0 N–H and O–H groups in total. The van der Waals surface area contributed by atoms with Crippen LogP contribution < -0.4 is 0 Å². The molecule has 1 rings (SSSR count). The summed E-state index contributed by atoms with van der Waals surface area (Å²) in [7, 11) is 0. The average molecular weight is 224 g/mol. The van der Waals surface area contributed by atoms with Crippen molar-refractivity contribution < 1.29 is 4.79 Å². The Morgan fingerprint density at radius 2 is 1.19 bits per heavy atom. The molecule has 0 aromatic carbocycles. The van der Waals surface area contributed by atoms with Gasteiger partial charge >= 0.3 is 0 Å². The predicted octanol–water partition coefficient (Wildman–Crippen LogP) is 4.89. The van der Waals surface area contributed by atoms with Crippen LogP contribution in [0.15, 0.2) is 0 Å². The van der Waals surface area contributed by atoms with E-state index in [2.05, 4.69) is 6.92 Å². The van der Waals surface area contributed by atoms with Gasteiger partial charge in [-0.3, -0.25) is 4.79 Å². The third kappa shape index (κ3) is 6.30. The molecule has 0 bridgehead atoms.